The largest absolute Gasteiger partial charge is 0.355 e. The first-order valence-electron chi connectivity index (χ1n) is 6.25. The van der Waals surface area contributed by atoms with Gasteiger partial charge in [-0.2, -0.15) is 11.8 Å². The Balaban J connectivity index is 0.00000361. The lowest BCUT2D eigenvalue weighted by molar-refractivity contribution is 0.477. The van der Waals surface area contributed by atoms with Gasteiger partial charge in [0.1, 0.15) is 0 Å². The highest BCUT2D eigenvalue weighted by atomic mass is 127. The van der Waals surface area contributed by atoms with Crippen molar-refractivity contribution in [3.63, 3.8) is 0 Å². The van der Waals surface area contributed by atoms with Crippen molar-refractivity contribution in [2.75, 3.05) is 26.9 Å². The van der Waals surface area contributed by atoms with Gasteiger partial charge < -0.3 is 10.2 Å². The molecule has 1 aromatic carbocycles. The van der Waals surface area contributed by atoms with E-state index < -0.39 is 0 Å². The first kappa shape index (κ1) is 19.9. The second kappa shape index (κ2) is 10.6. The molecule has 0 fully saturated rings. The van der Waals surface area contributed by atoms with E-state index in [1.54, 1.807) is 7.05 Å². The summed E-state index contributed by atoms with van der Waals surface area (Å²) in [6.45, 7) is 3.89. The van der Waals surface area contributed by atoms with E-state index in [0.29, 0.717) is 5.25 Å². The third kappa shape index (κ3) is 7.04. The van der Waals surface area contributed by atoms with Crippen LogP contribution in [0.4, 0.5) is 0 Å². The Bertz CT molecular complexity index is 429. The summed E-state index contributed by atoms with van der Waals surface area (Å²) in [5, 5.41) is 4.71. The van der Waals surface area contributed by atoms with Crippen LogP contribution in [0.3, 0.4) is 0 Å². The number of halogens is 2. The van der Waals surface area contributed by atoms with Crippen LogP contribution in [0.1, 0.15) is 12.5 Å². The van der Waals surface area contributed by atoms with Gasteiger partial charge in [-0.1, -0.05) is 30.7 Å². The number of nitrogens with zero attached hydrogens (tertiary/aromatic N) is 2. The smallest absolute Gasteiger partial charge is 0.193 e. The number of benzene rings is 1. The number of hydrogen-bond donors (Lipinski definition) is 1. The van der Waals surface area contributed by atoms with Gasteiger partial charge >= 0.3 is 0 Å². The van der Waals surface area contributed by atoms with E-state index in [2.05, 4.69) is 34.5 Å². The summed E-state index contributed by atoms with van der Waals surface area (Å²) in [5.41, 5.74) is 1.18. The van der Waals surface area contributed by atoms with Crippen LogP contribution in [-0.2, 0) is 6.54 Å². The third-order valence-corrected chi connectivity index (χ3v) is 4.04. The van der Waals surface area contributed by atoms with E-state index in [4.69, 9.17) is 11.6 Å². The van der Waals surface area contributed by atoms with Crippen molar-refractivity contribution in [2.45, 2.75) is 18.7 Å². The van der Waals surface area contributed by atoms with Gasteiger partial charge in [0.15, 0.2) is 5.96 Å². The molecule has 1 N–H and O–H groups in total. The van der Waals surface area contributed by atoms with Crippen LogP contribution in [0.5, 0.6) is 0 Å². The Morgan fingerprint density at radius 3 is 2.75 bits per heavy atom. The van der Waals surface area contributed by atoms with E-state index in [0.717, 1.165) is 24.1 Å². The lowest BCUT2D eigenvalue weighted by Crippen LogP contribution is -2.40. The summed E-state index contributed by atoms with van der Waals surface area (Å²) < 4.78 is 0. The molecular formula is C14H23ClIN3S. The normalized spacial score (nSPS) is 12.6. The molecule has 20 heavy (non-hydrogen) atoms. The van der Waals surface area contributed by atoms with Crippen LogP contribution in [0.25, 0.3) is 0 Å². The zero-order valence-corrected chi connectivity index (χ0v) is 16.3. The summed E-state index contributed by atoms with van der Waals surface area (Å²) in [6.07, 6.45) is 2.12. The SMILES string of the molecule is CN=C(NCC(C)SC)N(C)Cc1cccc(Cl)c1.I. The number of aliphatic imine (C=N–C) groups is 1. The first-order chi connectivity index (χ1) is 9.06. The summed E-state index contributed by atoms with van der Waals surface area (Å²) in [7, 11) is 3.83. The predicted octanol–water partition coefficient (Wildman–Crippen LogP) is 3.72. The van der Waals surface area contributed by atoms with Gasteiger partial charge in [0.25, 0.3) is 0 Å². The van der Waals surface area contributed by atoms with Gasteiger partial charge in [0.05, 0.1) is 0 Å². The lowest BCUT2D eigenvalue weighted by atomic mass is 10.2. The zero-order chi connectivity index (χ0) is 14.3. The molecule has 114 valence electrons. The van der Waals surface area contributed by atoms with Crippen LogP contribution in [0.15, 0.2) is 29.3 Å². The van der Waals surface area contributed by atoms with Crippen molar-refractivity contribution >= 4 is 53.3 Å². The van der Waals surface area contributed by atoms with Gasteiger partial charge in [-0.05, 0) is 24.0 Å². The van der Waals surface area contributed by atoms with E-state index in [-0.39, 0.29) is 24.0 Å². The fourth-order valence-electron chi connectivity index (χ4n) is 1.69. The molecule has 0 aliphatic heterocycles. The standard InChI is InChI=1S/C14H22ClN3S.HI/c1-11(19-4)9-17-14(16-2)18(3)10-12-6-5-7-13(15)8-12;/h5-8,11H,9-10H2,1-4H3,(H,16,17);1H. The Morgan fingerprint density at radius 1 is 1.50 bits per heavy atom. The van der Waals surface area contributed by atoms with Crippen LogP contribution < -0.4 is 5.32 Å². The third-order valence-electron chi connectivity index (χ3n) is 2.83. The Labute approximate surface area is 148 Å². The number of rotatable bonds is 5. The van der Waals surface area contributed by atoms with E-state index in [1.807, 2.05) is 37.0 Å². The molecule has 0 saturated carbocycles. The highest BCUT2D eigenvalue weighted by molar-refractivity contribution is 14.0. The fraction of sp³-hybridized carbons (Fsp3) is 0.500. The number of guanidine groups is 1. The van der Waals surface area contributed by atoms with Crippen molar-refractivity contribution in [3.8, 4) is 0 Å². The predicted molar refractivity (Wildman–Crippen MR) is 103 cm³/mol. The van der Waals surface area contributed by atoms with Gasteiger partial charge in [0, 0.05) is 37.5 Å². The molecule has 3 nitrogen and oxygen atoms in total. The molecular weight excluding hydrogens is 405 g/mol. The van der Waals surface area contributed by atoms with Crippen LogP contribution in [0.2, 0.25) is 5.02 Å². The van der Waals surface area contributed by atoms with Crippen LogP contribution in [-0.4, -0.2) is 43.0 Å². The molecule has 0 aliphatic rings. The summed E-state index contributed by atoms with van der Waals surface area (Å²) >= 11 is 7.84. The second-order valence-corrected chi connectivity index (χ2v) is 6.17. The molecule has 6 heteroatoms. The maximum absolute atomic E-state index is 6.00. The van der Waals surface area contributed by atoms with Crippen molar-refractivity contribution in [1.82, 2.24) is 10.2 Å². The molecule has 0 aliphatic carbocycles. The summed E-state index contributed by atoms with van der Waals surface area (Å²) in [4.78, 5) is 6.40. The van der Waals surface area contributed by atoms with Crippen molar-refractivity contribution in [1.29, 1.82) is 0 Å². The van der Waals surface area contributed by atoms with Crippen LogP contribution in [0, 0.1) is 0 Å². The summed E-state index contributed by atoms with van der Waals surface area (Å²) in [6, 6.07) is 7.91. The molecule has 1 unspecified atom stereocenters. The molecule has 1 atom stereocenters. The zero-order valence-electron chi connectivity index (χ0n) is 12.4. The molecule has 0 radical (unpaired) electrons. The first-order valence-corrected chi connectivity index (χ1v) is 7.92. The van der Waals surface area contributed by atoms with E-state index >= 15 is 0 Å². The molecule has 0 aromatic heterocycles. The lowest BCUT2D eigenvalue weighted by Gasteiger charge is -2.23. The Hall–Kier alpha value is -0.140. The fourth-order valence-corrected chi connectivity index (χ4v) is 2.15. The van der Waals surface area contributed by atoms with Gasteiger partial charge in [-0.25, -0.2) is 0 Å². The van der Waals surface area contributed by atoms with Gasteiger partial charge in [-0.15, -0.1) is 24.0 Å². The highest BCUT2D eigenvalue weighted by Crippen LogP contribution is 2.12. The maximum Gasteiger partial charge on any atom is 0.193 e. The number of hydrogen-bond acceptors (Lipinski definition) is 2. The number of nitrogens with one attached hydrogen (secondary N) is 1. The average Bonchev–Trinajstić information content (AvgIpc) is 2.39. The van der Waals surface area contributed by atoms with E-state index in [1.165, 1.54) is 5.56 Å². The molecule has 1 aromatic rings. The minimum atomic E-state index is 0. The maximum atomic E-state index is 6.00. The van der Waals surface area contributed by atoms with Gasteiger partial charge in [-0.3, -0.25) is 4.99 Å². The topological polar surface area (TPSA) is 27.6 Å². The molecule has 0 saturated heterocycles. The molecule has 1 rings (SSSR count). The van der Waals surface area contributed by atoms with Crippen molar-refractivity contribution in [3.05, 3.63) is 34.9 Å². The Morgan fingerprint density at radius 2 is 2.20 bits per heavy atom. The molecule has 0 amide bonds. The van der Waals surface area contributed by atoms with Crippen molar-refractivity contribution < 1.29 is 0 Å². The Kier molecular flexibility index (Phi) is 10.5. The van der Waals surface area contributed by atoms with Crippen molar-refractivity contribution in [2.24, 2.45) is 4.99 Å². The second-order valence-electron chi connectivity index (χ2n) is 4.46. The minimum Gasteiger partial charge on any atom is -0.355 e. The molecule has 0 heterocycles. The average molecular weight is 428 g/mol. The quantitative estimate of drug-likeness (QED) is 0.441. The molecule has 0 spiro atoms. The van der Waals surface area contributed by atoms with Crippen LogP contribution >= 0.6 is 47.3 Å². The van der Waals surface area contributed by atoms with E-state index in [9.17, 15) is 0 Å². The monoisotopic (exact) mass is 427 g/mol. The van der Waals surface area contributed by atoms with Gasteiger partial charge in [0.2, 0.25) is 0 Å². The minimum absolute atomic E-state index is 0. The molecule has 0 bridgehead atoms. The summed E-state index contributed by atoms with van der Waals surface area (Å²) in [5.74, 6) is 0.904. The highest BCUT2D eigenvalue weighted by Gasteiger charge is 2.08. The number of thioether (sulfide) groups is 1.